The minimum Gasteiger partial charge on any atom is -0.393 e. The van der Waals surface area contributed by atoms with Gasteiger partial charge in [-0.2, -0.15) is 0 Å². The zero-order chi connectivity index (χ0) is 6.57. The molecule has 0 aliphatic rings. The average Bonchev–Trinajstić information content (AvgIpc) is 1.67. The van der Waals surface area contributed by atoms with Gasteiger partial charge < -0.3 is 10.8 Å². The molecule has 0 aromatic rings. The van der Waals surface area contributed by atoms with E-state index >= 15 is 0 Å². The van der Waals surface area contributed by atoms with Crippen molar-refractivity contribution >= 4 is 0 Å². The van der Waals surface area contributed by atoms with E-state index in [4.69, 9.17) is 10.8 Å². The van der Waals surface area contributed by atoms with Gasteiger partial charge in [0.15, 0.2) is 0 Å². The second kappa shape index (κ2) is 3.87. The minimum absolute atomic E-state index is 0.210. The van der Waals surface area contributed by atoms with Gasteiger partial charge in [0, 0.05) is 0 Å². The number of aliphatic hydroxyl groups is 1. The van der Waals surface area contributed by atoms with Gasteiger partial charge in [0.2, 0.25) is 0 Å². The molecule has 2 nitrogen and oxygen atoms in total. The Bertz CT molecular complexity index is 54.5. The maximum atomic E-state index is 8.90. The Kier molecular flexibility index (Phi) is 3.83. The van der Waals surface area contributed by atoms with Crippen LogP contribution in [0.25, 0.3) is 0 Å². The fourth-order valence-corrected chi connectivity index (χ4v) is 0.504. The summed E-state index contributed by atoms with van der Waals surface area (Å²) in [4.78, 5) is 0. The maximum Gasteiger partial charge on any atom is 0.0538 e. The molecule has 0 aliphatic carbocycles. The van der Waals surface area contributed by atoms with E-state index in [-0.39, 0.29) is 6.10 Å². The first-order chi connectivity index (χ1) is 3.68. The molecule has 2 unspecified atom stereocenters. The number of aliphatic hydroxyl groups excluding tert-OH is 1. The van der Waals surface area contributed by atoms with Crippen molar-refractivity contribution in [2.45, 2.75) is 26.4 Å². The third kappa shape index (κ3) is 2.99. The Labute approximate surface area is 50.7 Å². The first kappa shape index (κ1) is 7.92. The minimum atomic E-state index is -0.210. The zero-order valence-electron chi connectivity index (χ0n) is 5.59. The lowest BCUT2D eigenvalue weighted by molar-refractivity contribution is 0.131. The molecule has 0 aromatic carbocycles. The van der Waals surface area contributed by atoms with Crippen LogP contribution in [0.5, 0.6) is 0 Å². The van der Waals surface area contributed by atoms with Crippen molar-refractivity contribution in [2.24, 2.45) is 11.7 Å². The predicted molar refractivity (Wildman–Crippen MR) is 34.5 cm³/mol. The van der Waals surface area contributed by atoms with Gasteiger partial charge in [0.1, 0.15) is 0 Å². The number of rotatable bonds is 3. The normalized spacial score (nSPS) is 18.0. The third-order valence-corrected chi connectivity index (χ3v) is 1.45. The second-order valence-electron chi connectivity index (χ2n) is 2.30. The van der Waals surface area contributed by atoms with E-state index in [2.05, 4.69) is 0 Å². The molecule has 8 heavy (non-hydrogen) atoms. The van der Waals surface area contributed by atoms with Crippen molar-refractivity contribution < 1.29 is 5.11 Å². The predicted octanol–water partition coefficient (Wildman–Crippen LogP) is 0.352. The van der Waals surface area contributed by atoms with Crippen LogP contribution < -0.4 is 5.73 Å². The largest absolute Gasteiger partial charge is 0.393 e. The van der Waals surface area contributed by atoms with E-state index in [0.717, 1.165) is 6.42 Å². The standard InChI is InChI=1S/C6H15NO/c1-5(3-4-7)6(2)8/h5-6,8H,3-4,7H2,1-2H3. The molecule has 0 saturated carbocycles. The monoisotopic (exact) mass is 117 g/mol. The van der Waals surface area contributed by atoms with Crippen molar-refractivity contribution in [2.75, 3.05) is 6.54 Å². The summed E-state index contributed by atoms with van der Waals surface area (Å²) in [6.07, 6.45) is 0.705. The van der Waals surface area contributed by atoms with E-state index in [1.165, 1.54) is 0 Å². The summed E-state index contributed by atoms with van der Waals surface area (Å²) in [5.41, 5.74) is 5.26. The van der Waals surface area contributed by atoms with Crippen LogP contribution in [0.1, 0.15) is 20.3 Å². The summed E-state index contributed by atoms with van der Waals surface area (Å²) in [6, 6.07) is 0. The molecular weight excluding hydrogens is 102 g/mol. The SMILES string of the molecule is CC(O)C(C)CCN. The fourth-order valence-electron chi connectivity index (χ4n) is 0.504. The van der Waals surface area contributed by atoms with E-state index in [0.29, 0.717) is 12.5 Å². The second-order valence-corrected chi connectivity index (χ2v) is 2.30. The van der Waals surface area contributed by atoms with E-state index < -0.39 is 0 Å². The molecule has 0 bridgehead atoms. The van der Waals surface area contributed by atoms with Crippen LogP contribution in [-0.2, 0) is 0 Å². The van der Waals surface area contributed by atoms with Crippen LogP contribution in [0.4, 0.5) is 0 Å². The molecule has 0 aromatic heterocycles. The third-order valence-electron chi connectivity index (χ3n) is 1.45. The van der Waals surface area contributed by atoms with E-state index in [9.17, 15) is 0 Å². The highest BCUT2D eigenvalue weighted by Gasteiger charge is 2.05. The molecule has 50 valence electrons. The van der Waals surface area contributed by atoms with Crippen LogP contribution >= 0.6 is 0 Å². The summed E-state index contributed by atoms with van der Waals surface area (Å²) >= 11 is 0. The Morgan fingerprint density at radius 2 is 2.00 bits per heavy atom. The van der Waals surface area contributed by atoms with E-state index in [1.807, 2.05) is 6.92 Å². The highest BCUT2D eigenvalue weighted by Crippen LogP contribution is 2.04. The molecule has 0 heterocycles. The lowest BCUT2D eigenvalue weighted by Crippen LogP contribution is -2.16. The number of hydrogen-bond acceptors (Lipinski definition) is 2. The van der Waals surface area contributed by atoms with E-state index in [1.54, 1.807) is 6.92 Å². The molecule has 0 fully saturated rings. The number of nitrogens with two attached hydrogens (primary N) is 1. The Hall–Kier alpha value is -0.0800. The van der Waals surface area contributed by atoms with Crippen molar-refractivity contribution in [1.29, 1.82) is 0 Å². The van der Waals surface area contributed by atoms with Crippen LogP contribution in [0.2, 0.25) is 0 Å². The number of hydrogen-bond donors (Lipinski definition) is 2. The van der Waals surface area contributed by atoms with Gasteiger partial charge >= 0.3 is 0 Å². The topological polar surface area (TPSA) is 46.2 Å². The highest BCUT2D eigenvalue weighted by molar-refractivity contribution is 4.58. The molecule has 0 saturated heterocycles. The summed E-state index contributed by atoms with van der Waals surface area (Å²) in [7, 11) is 0. The van der Waals surface area contributed by atoms with Gasteiger partial charge in [-0.15, -0.1) is 0 Å². The molecular formula is C6H15NO. The smallest absolute Gasteiger partial charge is 0.0538 e. The molecule has 0 spiro atoms. The molecule has 0 amide bonds. The fraction of sp³-hybridized carbons (Fsp3) is 1.00. The lowest BCUT2D eigenvalue weighted by atomic mass is 10.0. The Morgan fingerprint density at radius 3 is 2.12 bits per heavy atom. The van der Waals surface area contributed by atoms with Crippen LogP contribution in [0.15, 0.2) is 0 Å². The Morgan fingerprint density at radius 1 is 1.50 bits per heavy atom. The summed E-state index contributed by atoms with van der Waals surface area (Å²) in [5.74, 6) is 0.347. The maximum absolute atomic E-state index is 8.90. The zero-order valence-corrected chi connectivity index (χ0v) is 5.59. The summed E-state index contributed by atoms with van der Waals surface area (Å²) in [6.45, 7) is 4.46. The summed E-state index contributed by atoms with van der Waals surface area (Å²) in [5, 5.41) is 8.90. The molecule has 0 aliphatic heterocycles. The Balaban J connectivity index is 3.17. The lowest BCUT2D eigenvalue weighted by Gasteiger charge is -2.11. The van der Waals surface area contributed by atoms with Gasteiger partial charge in [0.25, 0.3) is 0 Å². The molecule has 0 rings (SSSR count). The average molecular weight is 117 g/mol. The van der Waals surface area contributed by atoms with Crippen molar-refractivity contribution in [3.63, 3.8) is 0 Å². The first-order valence-corrected chi connectivity index (χ1v) is 3.06. The van der Waals surface area contributed by atoms with Crippen molar-refractivity contribution in [1.82, 2.24) is 0 Å². The summed E-state index contributed by atoms with van der Waals surface area (Å²) < 4.78 is 0. The van der Waals surface area contributed by atoms with Crippen LogP contribution in [0, 0.1) is 5.92 Å². The molecule has 2 atom stereocenters. The van der Waals surface area contributed by atoms with Crippen molar-refractivity contribution in [3.05, 3.63) is 0 Å². The van der Waals surface area contributed by atoms with Gasteiger partial charge in [-0.3, -0.25) is 0 Å². The van der Waals surface area contributed by atoms with Gasteiger partial charge in [-0.1, -0.05) is 6.92 Å². The van der Waals surface area contributed by atoms with Crippen LogP contribution in [0.3, 0.4) is 0 Å². The molecule has 0 radical (unpaired) electrons. The highest BCUT2D eigenvalue weighted by atomic mass is 16.3. The van der Waals surface area contributed by atoms with Gasteiger partial charge in [0.05, 0.1) is 6.10 Å². The van der Waals surface area contributed by atoms with Crippen LogP contribution in [-0.4, -0.2) is 17.8 Å². The van der Waals surface area contributed by atoms with Gasteiger partial charge in [-0.25, -0.2) is 0 Å². The molecule has 2 heteroatoms. The first-order valence-electron chi connectivity index (χ1n) is 3.06. The quantitative estimate of drug-likeness (QED) is 0.560. The van der Waals surface area contributed by atoms with Crippen molar-refractivity contribution in [3.8, 4) is 0 Å². The molecule has 3 N–H and O–H groups in total. The van der Waals surface area contributed by atoms with Gasteiger partial charge in [-0.05, 0) is 25.8 Å².